The van der Waals surface area contributed by atoms with Gasteiger partial charge in [-0.25, -0.2) is 4.98 Å². The monoisotopic (exact) mass is 264 g/mol. The summed E-state index contributed by atoms with van der Waals surface area (Å²) in [5.41, 5.74) is 4.59. The van der Waals surface area contributed by atoms with Crippen molar-refractivity contribution in [3.05, 3.63) is 75.7 Å². The van der Waals surface area contributed by atoms with Crippen molar-refractivity contribution in [2.45, 2.75) is 20.4 Å². The van der Waals surface area contributed by atoms with Gasteiger partial charge in [0.2, 0.25) is 0 Å². The SMILES string of the molecule is Cc1ccc(Cn2c(=O)c(C)nc3ccccc32)cc1. The molecule has 3 rings (SSSR count). The zero-order valence-electron chi connectivity index (χ0n) is 11.6. The van der Waals surface area contributed by atoms with Gasteiger partial charge in [0.25, 0.3) is 5.56 Å². The van der Waals surface area contributed by atoms with E-state index in [0.717, 1.165) is 16.6 Å². The molecule has 0 bridgehead atoms. The van der Waals surface area contributed by atoms with Crippen LogP contribution in [0.3, 0.4) is 0 Å². The molecule has 0 atom stereocenters. The van der Waals surface area contributed by atoms with E-state index in [1.54, 1.807) is 11.5 Å². The van der Waals surface area contributed by atoms with Crippen LogP contribution in [-0.2, 0) is 6.54 Å². The number of hydrogen-bond acceptors (Lipinski definition) is 2. The fraction of sp³-hybridized carbons (Fsp3) is 0.176. The predicted octanol–water partition coefficient (Wildman–Crippen LogP) is 3.06. The Bertz CT molecular complexity index is 817. The molecule has 0 aliphatic carbocycles. The number of rotatable bonds is 2. The Labute approximate surface area is 117 Å². The van der Waals surface area contributed by atoms with Crippen LogP contribution in [-0.4, -0.2) is 9.55 Å². The van der Waals surface area contributed by atoms with Crippen molar-refractivity contribution >= 4 is 11.0 Å². The zero-order valence-corrected chi connectivity index (χ0v) is 11.6. The maximum atomic E-state index is 12.4. The third-order valence-electron chi connectivity index (χ3n) is 3.48. The van der Waals surface area contributed by atoms with E-state index in [1.807, 2.05) is 24.3 Å². The maximum Gasteiger partial charge on any atom is 0.272 e. The molecule has 1 aromatic heterocycles. The van der Waals surface area contributed by atoms with Crippen LogP contribution in [0, 0.1) is 13.8 Å². The Balaban J connectivity index is 2.17. The molecule has 0 aliphatic rings. The lowest BCUT2D eigenvalue weighted by atomic mass is 10.1. The van der Waals surface area contributed by atoms with Crippen LogP contribution in [0.15, 0.2) is 53.3 Å². The summed E-state index contributed by atoms with van der Waals surface area (Å²) in [7, 11) is 0. The highest BCUT2D eigenvalue weighted by atomic mass is 16.1. The molecule has 3 aromatic rings. The van der Waals surface area contributed by atoms with E-state index in [0.29, 0.717) is 12.2 Å². The lowest BCUT2D eigenvalue weighted by Gasteiger charge is -2.11. The lowest BCUT2D eigenvalue weighted by molar-refractivity contribution is 0.776. The number of para-hydroxylation sites is 2. The van der Waals surface area contributed by atoms with E-state index < -0.39 is 0 Å². The molecule has 0 aliphatic heterocycles. The van der Waals surface area contributed by atoms with Gasteiger partial charge < -0.3 is 4.57 Å². The summed E-state index contributed by atoms with van der Waals surface area (Å²) < 4.78 is 1.79. The molecule has 0 N–H and O–H groups in total. The van der Waals surface area contributed by atoms with Crippen molar-refractivity contribution in [2.24, 2.45) is 0 Å². The minimum Gasteiger partial charge on any atom is -0.301 e. The van der Waals surface area contributed by atoms with Gasteiger partial charge in [0.1, 0.15) is 5.69 Å². The van der Waals surface area contributed by atoms with Crippen LogP contribution < -0.4 is 5.56 Å². The Morgan fingerprint density at radius 3 is 2.45 bits per heavy atom. The van der Waals surface area contributed by atoms with Gasteiger partial charge in [0, 0.05) is 0 Å². The molecule has 0 amide bonds. The minimum atomic E-state index is -0.0238. The quantitative estimate of drug-likeness (QED) is 0.713. The van der Waals surface area contributed by atoms with Crippen molar-refractivity contribution in [1.82, 2.24) is 9.55 Å². The van der Waals surface area contributed by atoms with E-state index >= 15 is 0 Å². The minimum absolute atomic E-state index is 0.0238. The predicted molar refractivity (Wildman–Crippen MR) is 81.0 cm³/mol. The van der Waals surface area contributed by atoms with Crippen LogP contribution in [0.25, 0.3) is 11.0 Å². The molecule has 3 heteroatoms. The Morgan fingerprint density at radius 2 is 1.70 bits per heavy atom. The molecule has 0 saturated heterocycles. The number of hydrogen-bond donors (Lipinski definition) is 0. The van der Waals surface area contributed by atoms with Gasteiger partial charge in [-0.3, -0.25) is 4.79 Å². The van der Waals surface area contributed by atoms with Crippen LogP contribution in [0.5, 0.6) is 0 Å². The summed E-state index contributed by atoms with van der Waals surface area (Å²) in [5, 5.41) is 0. The van der Waals surface area contributed by atoms with E-state index in [4.69, 9.17) is 0 Å². The van der Waals surface area contributed by atoms with E-state index in [-0.39, 0.29) is 5.56 Å². The highest BCUT2D eigenvalue weighted by Gasteiger charge is 2.07. The topological polar surface area (TPSA) is 34.9 Å². The molecule has 2 aromatic carbocycles. The maximum absolute atomic E-state index is 12.4. The molecule has 0 fully saturated rings. The van der Waals surface area contributed by atoms with Gasteiger partial charge in [0.05, 0.1) is 17.6 Å². The Hall–Kier alpha value is -2.42. The standard InChI is InChI=1S/C17H16N2O/c1-12-7-9-14(10-8-12)11-19-16-6-4-3-5-15(16)18-13(2)17(19)20/h3-10H,11H2,1-2H3. The molecule has 0 unspecified atom stereocenters. The molecule has 100 valence electrons. The fourth-order valence-corrected chi connectivity index (χ4v) is 2.35. The van der Waals surface area contributed by atoms with Crippen LogP contribution in [0.2, 0.25) is 0 Å². The molecule has 0 saturated carbocycles. The second-order valence-corrected chi connectivity index (χ2v) is 5.06. The third kappa shape index (κ3) is 2.23. The zero-order chi connectivity index (χ0) is 14.1. The normalized spacial score (nSPS) is 10.9. The number of aromatic nitrogens is 2. The van der Waals surface area contributed by atoms with Crippen molar-refractivity contribution in [1.29, 1.82) is 0 Å². The smallest absolute Gasteiger partial charge is 0.272 e. The van der Waals surface area contributed by atoms with Gasteiger partial charge in [-0.05, 0) is 31.5 Å². The first-order valence-corrected chi connectivity index (χ1v) is 6.67. The summed E-state index contributed by atoms with van der Waals surface area (Å²) in [6.07, 6.45) is 0. The van der Waals surface area contributed by atoms with Crippen molar-refractivity contribution in [2.75, 3.05) is 0 Å². The highest BCUT2D eigenvalue weighted by Crippen LogP contribution is 2.12. The van der Waals surface area contributed by atoms with Crippen molar-refractivity contribution in [3.8, 4) is 0 Å². The molecule has 3 nitrogen and oxygen atoms in total. The molecule has 0 radical (unpaired) electrons. The molecule has 1 heterocycles. The van der Waals surface area contributed by atoms with Gasteiger partial charge >= 0.3 is 0 Å². The van der Waals surface area contributed by atoms with E-state index in [2.05, 4.69) is 36.2 Å². The largest absolute Gasteiger partial charge is 0.301 e. The average Bonchev–Trinajstić information content (AvgIpc) is 2.46. The van der Waals surface area contributed by atoms with E-state index in [1.165, 1.54) is 5.56 Å². The summed E-state index contributed by atoms with van der Waals surface area (Å²) >= 11 is 0. The van der Waals surface area contributed by atoms with Crippen molar-refractivity contribution < 1.29 is 0 Å². The third-order valence-corrected chi connectivity index (χ3v) is 3.48. The van der Waals surface area contributed by atoms with Crippen LogP contribution in [0.4, 0.5) is 0 Å². The second kappa shape index (κ2) is 4.93. The Morgan fingerprint density at radius 1 is 1.00 bits per heavy atom. The molecular formula is C17H16N2O. The summed E-state index contributed by atoms with van der Waals surface area (Å²) in [5.74, 6) is 0. The molecular weight excluding hydrogens is 248 g/mol. The van der Waals surface area contributed by atoms with Gasteiger partial charge in [-0.1, -0.05) is 42.0 Å². The number of nitrogens with zero attached hydrogens (tertiary/aromatic N) is 2. The van der Waals surface area contributed by atoms with Crippen molar-refractivity contribution in [3.63, 3.8) is 0 Å². The van der Waals surface area contributed by atoms with Gasteiger partial charge in [0.15, 0.2) is 0 Å². The lowest BCUT2D eigenvalue weighted by Crippen LogP contribution is -2.24. The van der Waals surface area contributed by atoms with Gasteiger partial charge in [-0.2, -0.15) is 0 Å². The first kappa shape index (κ1) is 12.6. The average molecular weight is 264 g/mol. The fourth-order valence-electron chi connectivity index (χ4n) is 2.35. The molecule has 0 spiro atoms. The first-order valence-electron chi connectivity index (χ1n) is 6.67. The Kier molecular flexibility index (Phi) is 3.11. The summed E-state index contributed by atoms with van der Waals surface area (Å²) in [6.45, 7) is 4.39. The van der Waals surface area contributed by atoms with E-state index in [9.17, 15) is 4.79 Å². The second-order valence-electron chi connectivity index (χ2n) is 5.06. The van der Waals surface area contributed by atoms with Gasteiger partial charge in [-0.15, -0.1) is 0 Å². The van der Waals surface area contributed by atoms with Crippen LogP contribution in [0.1, 0.15) is 16.8 Å². The number of benzene rings is 2. The number of fused-ring (bicyclic) bond motifs is 1. The highest BCUT2D eigenvalue weighted by molar-refractivity contribution is 5.74. The number of aryl methyl sites for hydroxylation is 2. The summed E-state index contributed by atoms with van der Waals surface area (Å²) in [4.78, 5) is 16.7. The van der Waals surface area contributed by atoms with Crippen LogP contribution >= 0.6 is 0 Å². The summed E-state index contributed by atoms with van der Waals surface area (Å²) in [6, 6.07) is 16.0. The molecule has 20 heavy (non-hydrogen) atoms. The first-order chi connectivity index (χ1) is 9.65.